The number of aromatic hydroxyl groups is 1. The zero-order valence-corrected chi connectivity index (χ0v) is 19.0. The van der Waals surface area contributed by atoms with Crippen molar-refractivity contribution in [2.75, 3.05) is 18.5 Å². The molecule has 0 spiro atoms. The molecule has 0 radical (unpaired) electrons. The van der Waals surface area contributed by atoms with Gasteiger partial charge in [0.2, 0.25) is 0 Å². The molecule has 0 aliphatic heterocycles. The first kappa shape index (κ1) is 23.1. The molecule has 2 N–H and O–H groups in total. The molecule has 34 heavy (non-hydrogen) atoms. The molecular formula is C25H21NO7S. The zero-order chi connectivity index (χ0) is 24.1. The number of hydrogen-bond donors (Lipinski definition) is 2. The Balaban J connectivity index is 1.41. The summed E-state index contributed by atoms with van der Waals surface area (Å²) >= 11 is 1.21. The first-order chi connectivity index (χ1) is 16.4. The molecular weight excluding hydrogens is 458 g/mol. The lowest BCUT2D eigenvalue weighted by Crippen LogP contribution is -2.22. The molecule has 0 aliphatic carbocycles. The van der Waals surface area contributed by atoms with Crippen molar-refractivity contribution in [3.05, 3.63) is 71.3 Å². The topological polar surface area (TPSA) is 115 Å². The van der Waals surface area contributed by atoms with E-state index in [1.807, 2.05) is 30.3 Å². The number of amides is 1. The molecule has 0 saturated carbocycles. The van der Waals surface area contributed by atoms with E-state index in [9.17, 15) is 19.5 Å². The Kier molecular flexibility index (Phi) is 6.93. The maximum Gasteiger partial charge on any atom is 0.350 e. The van der Waals surface area contributed by atoms with Crippen LogP contribution >= 0.6 is 11.3 Å². The molecule has 0 unspecified atom stereocenters. The van der Waals surface area contributed by atoms with Crippen LogP contribution in [-0.2, 0) is 25.5 Å². The fraction of sp³-hybridized carbons (Fsp3) is 0.160. The lowest BCUT2D eigenvalue weighted by atomic mass is 10.1. The van der Waals surface area contributed by atoms with Gasteiger partial charge >= 0.3 is 11.9 Å². The highest BCUT2D eigenvalue weighted by Crippen LogP contribution is 2.35. The van der Waals surface area contributed by atoms with Gasteiger partial charge in [-0.25, -0.2) is 4.79 Å². The molecule has 2 aromatic heterocycles. The van der Waals surface area contributed by atoms with Crippen molar-refractivity contribution in [1.82, 2.24) is 0 Å². The summed E-state index contributed by atoms with van der Waals surface area (Å²) in [5.74, 6) is -1.69. The normalized spacial score (nSPS) is 10.7. The Morgan fingerprint density at radius 2 is 1.85 bits per heavy atom. The van der Waals surface area contributed by atoms with E-state index >= 15 is 0 Å². The van der Waals surface area contributed by atoms with Gasteiger partial charge in [-0.3, -0.25) is 9.59 Å². The van der Waals surface area contributed by atoms with Crippen LogP contribution in [0.2, 0.25) is 0 Å². The number of phenolic OH excluding ortho intramolecular Hbond substituents is 1. The van der Waals surface area contributed by atoms with Gasteiger partial charge in [-0.2, -0.15) is 0 Å². The fourth-order valence-electron chi connectivity index (χ4n) is 3.32. The second-order valence-electron chi connectivity index (χ2n) is 7.27. The van der Waals surface area contributed by atoms with Crippen LogP contribution in [0.4, 0.5) is 5.69 Å². The number of furan rings is 1. The largest absolute Gasteiger partial charge is 0.508 e. The lowest BCUT2D eigenvalue weighted by Gasteiger charge is -2.07. The zero-order valence-electron chi connectivity index (χ0n) is 18.2. The highest BCUT2D eigenvalue weighted by atomic mass is 32.1. The highest BCUT2D eigenvalue weighted by Gasteiger charge is 2.21. The van der Waals surface area contributed by atoms with Crippen molar-refractivity contribution in [3.63, 3.8) is 0 Å². The standard InChI is InChI=1S/C25H21NO7S/c1-2-31-25(30)24-19(12-21(34-24)15-6-4-3-5-7-15)26-22(28)14-33-23(29)10-16-13-32-20-11-17(27)8-9-18(16)20/h3-9,11-13,27H,2,10,14H2,1H3,(H,26,28). The van der Waals surface area contributed by atoms with Gasteiger partial charge in [0.1, 0.15) is 16.2 Å². The summed E-state index contributed by atoms with van der Waals surface area (Å²) in [6, 6.07) is 15.7. The number of nitrogens with one attached hydrogen (secondary N) is 1. The molecule has 8 nitrogen and oxygen atoms in total. The first-order valence-corrected chi connectivity index (χ1v) is 11.3. The Bertz CT molecular complexity index is 1340. The average molecular weight is 480 g/mol. The van der Waals surface area contributed by atoms with Crippen molar-refractivity contribution >= 4 is 45.8 Å². The van der Waals surface area contributed by atoms with Crippen LogP contribution in [0, 0.1) is 0 Å². The summed E-state index contributed by atoms with van der Waals surface area (Å²) in [6.45, 7) is 1.38. The number of esters is 2. The second-order valence-corrected chi connectivity index (χ2v) is 8.32. The third-order valence-corrected chi connectivity index (χ3v) is 6.03. The van der Waals surface area contributed by atoms with Gasteiger partial charge in [0.05, 0.1) is 25.0 Å². The number of benzene rings is 2. The van der Waals surface area contributed by atoms with E-state index in [1.165, 1.54) is 29.7 Å². The van der Waals surface area contributed by atoms with Crippen molar-refractivity contribution in [2.45, 2.75) is 13.3 Å². The monoisotopic (exact) mass is 479 g/mol. The van der Waals surface area contributed by atoms with E-state index in [2.05, 4.69) is 5.32 Å². The molecule has 0 saturated heterocycles. The minimum Gasteiger partial charge on any atom is -0.508 e. The van der Waals surface area contributed by atoms with E-state index in [1.54, 1.807) is 19.1 Å². The Labute approximate surface area is 198 Å². The number of ether oxygens (including phenoxy) is 2. The highest BCUT2D eigenvalue weighted by molar-refractivity contribution is 7.18. The van der Waals surface area contributed by atoms with Crippen LogP contribution in [0.5, 0.6) is 5.75 Å². The first-order valence-electron chi connectivity index (χ1n) is 10.5. The number of anilines is 1. The maximum atomic E-state index is 12.5. The van der Waals surface area contributed by atoms with Crippen molar-refractivity contribution < 1.29 is 33.4 Å². The number of rotatable bonds is 8. The minimum absolute atomic E-state index is 0.0543. The van der Waals surface area contributed by atoms with Gasteiger partial charge in [-0.15, -0.1) is 11.3 Å². The molecule has 2 aromatic carbocycles. The van der Waals surface area contributed by atoms with Crippen molar-refractivity contribution in [1.29, 1.82) is 0 Å². The second kappa shape index (κ2) is 10.2. The summed E-state index contributed by atoms with van der Waals surface area (Å²) < 4.78 is 15.6. The minimum atomic E-state index is -0.619. The molecule has 174 valence electrons. The third kappa shape index (κ3) is 5.26. The number of fused-ring (bicyclic) bond motifs is 1. The van der Waals surface area contributed by atoms with E-state index < -0.39 is 24.5 Å². The smallest absolute Gasteiger partial charge is 0.350 e. The van der Waals surface area contributed by atoms with Crippen molar-refractivity contribution in [3.8, 4) is 16.2 Å². The lowest BCUT2D eigenvalue weighted by molar-refractivity contribution is -0.146. The molecule has 0 atom stereocenters. The van der Waals surface area contributed by atoms with Gasteiger partial charge in [-0.05, 0) is 30.7 Å². The van der Waals surface area contributed by atoms with Crippen LogP contribution in [0.3, 0.4) is 0 Å². The van der Waals surface area contributed by atoms with Crippen molar-refractivity contribution in [2.24, 2.45) is 0 Å². The van der Waals surface area contributed by atoms with E-state index in [4.69, 9.17) is 13.9 Å². The number of phenols is 1. The summed E-state index contributed by atoms with van der Waals surface area (Å²) in [5.41, 5.74) is 2.21. The predicted octanol–water partition coefficient (Wildman–Crippen LogP) is 4.77. The van der Waals surface area contributed by atoms with Crippen LogP contribution < -0.4 is 5.32 Å². The van der Waals surface area contributed by atoms with Gasteiger partial charge in [0, 0.05) is 21.9 Å². The number of thiophene rings is 1. The molecule has 4 rings (SSSR count). The number of hydrogen-bond acceptors (Lipinski definition) is 8. The van der Waals surface area contributed by atoms with Crippen LogP contribution in [0.25, 0.3) is 21.4 Å². The van der Waals surface area contributed by atoms with Gasteiger partial charge in [0.15, 0.2) is 6.61 Å². The summed E-state index contributed by atoms with van der Waals surface area (Å²) in [6.07, 6.45) is 1.31. The molecule has 4 aromatic rings. The van der Waals surface area contributed by atoms with Crippen LogP contribution in [-0.4, -0.2) is 36.2 Å². The van der Waals surface area contributed by atoms with E-state index in [0.717, 1.165) is 10.4 Å². The Morgan fingerprint density at radius 1 is 1.06 bits per heavy atom. The summed E-state index contributed by atoms with van der Waals surface area (Å²) in [5, 5.41) is 12.8. The molecule has 0 aliphatic rings. The molecule has 0 bridgehead atoms. The summed E-state index contributed by atoms with van der Waals surface area (Å²) in [4.78, 5) is 38.2. The fourth-order valence-corrected chi connectivity index (χ4v) is 4.34. The third-order valence-electron chi connectivity index (χ3n) is 4.86. The molecule has 1 amide bonds. The summed E-state index contributed by atoms with van der Waals surface area (Å²) in [7, 11) is 0. The van der Waals surface area contributed by atoms with Crippen LogP contribution in [0.15, 0.2) is 65.3 Å². The van der Waals surface area contributed by atoms with Gasteiger partial charge in [-0.1, -0.05) is 30.3 Å². The SMILES string of the molecule is CCOC(=O)c1sc(-c2ccccc2)cc1NC(=O)COC(=O)Cc1coc2cc(O)ccc12. The predicted molar refractivity (Wildman–Crippen MR) is 127 cm³/mol. The quantitative estimate of drug-likeness (QED) is 0.350. The Morgan fingerprint density at radius 3 is 2.62 bits per heavy atom. The van der Waals surface area contributed by atoms with E-state index in [-0.39, 0.29) is 23.7 Å². The van der Waals surface area contributed by atoms with Gasteiger partial charge < -0.3 is 24.3 Å². The average Bonchev–Trinajstić information content (AvgIpc) is 3.42. The number of carbonyl (C=O) groups excluding carboxylic acids is 3. The molecule has 2 heterocycles. The Hall–Kier alpha value is -4.11. The maximum absolute atomic E-state index is 12.5. The molecule has 9 heteroatoms. The van der Waals surface area contributed by atoms with Gasteiger partial charge in [0.25, 0.3) is 5.91 Å². The molecule has 0 fully saturated rings. The van der Waals surface area contributed by atoms with E-state index in [0.29, 0.717) is 22.2 Å². The number of carbonyl (C=O) groups is 3. The van der Waals surface area contributed by atoms with Crippen LogP contribution in [0.1, 0.15) is 22.2 Å².